The summed E-state index contributed by atoms with van der Waals surface area (Å²) in [5.74, 6) is -0.827. The standard InChI is InChI=1S/C81H138NO8P/c1-3-5-7-9-11-13-15-17-19-21-23-25-27-29-31-33-34-35-36-37-38-39-40-41-42-43-44-46-48-50-52-54-56-58-60-62-64-66-68-70-72-74-81(84)90-79(78-89-91(85,86)88-76-75-82)77-87-80(83)73-71-69-67-65-63-61-59-57-55-53-51-49-47-45-32-30-28-26-24-22-20-18-16-14-12-10-8-6-4-2/h5,7,11,13,16-19,22-25,28-31,34-35,37-38,40-41,43-44,79H,3-4,6,8-10,12,14-15,20-21,26-27,32-33,36,39,42,45-78,82H2,1-2H3,(H,85,86)/b7-5-,13-11-,18-16-,19-17-,24-22-,25-23-,30-28-,31-29-,35-34-,38-37-,41-40-,44-43-. The monoisotopic (exact) mass is 1280 g/mol. The molecule has 0 amide bonds. The average Bonchev–Trinajstić information content (AvgIpc) is 3.74. The van der Waals surface area contributed by atoms with Crippen LogP contribution in [0.4, 0.5) is 0 Å². The summed E-state index contributed by atoms with van der Waals surface area (Å²) in [6.07, 6.45) is 108. The number of carbonyl (C=O) groups excluding carboxylic acids is 2. The van der Waals surface area contributed by atoms with Gasteiger partial charge in [0.15, 0.2) is 6.10 Å². The zero-order valence-electron chi connectivity index (χ0n) is 58.5. The predicted molar refractivity (Wildman–Crippen MR) is 394 cm³/mol. The van der Waals surface area contributed by atoms with Crippen LogP contribution in [0.5, 0.6) is 0 Å². The summed E-state index contributed by atoms with van der Waals surface area (Å²) in [5.41, 5.74) is 5.41. The molecular formula is C81H138NO8P. The van der Waals surface area contributed by atoms with Gasteiger partial charge in [0.25, 0.3) is 0 Å². The Hall–Kier alpha value is -4.11. The fraction of sp³-hybridized carbons (Fsp3) is 0.679. The number of phosphoric ester groups is 1. The van der Waals surface area contributed by atoms with Gasteiger partial charge in [-0.25, -0.2) is 4.57 Å². The molecule has 0 aliphatic carbocycles. The number of carbonyl (C=O) groups is 2. The second kappa shape index (κ2) is 74.9. The molecule has 0 aromatic carbocycles. The molecule has 520 valence electrons. The first kappa shape index (κ1) is 86.9. The van der Waals surface area contributed by atoms with Crippen molar-refractivity contribution in [1.29, 1.82) is 0 Å². The molecule has 0 fully saturated rings. The first-order chi connectivity index (χ1) is 44.8. The number of allylic oxidation sites excluding steroid dienone is 24. The topological polar surface area (TPSA) is 134 Å². The van der Waals surface area contributed by atoms with E-state index >= 15 is 0 Å². The Morgan fingerprint density at radius 2 is 0.604 bits per heavy atom. The van der Waals surface area contributed by atoms with Crippen molar-refractivity contribution in [1.82, 2.24) is 0 Å². The van der Waals surface area contributed by atoms with Crippen LogP contribution in [0, 0.1) is 0 Å². The highest BCUT2D eigenvalue weighted by atomic mass is 31.2. The molecule has 91 heavy (non-hydrogen) atoms. The van der Waals surface area contributed by atoms with Crippen molar-refractivity contribution in [2.24, 2.45) is 5.73 Å². The highest BCUT2D eigenvalue weighted by Crippen LogP contribution is 2.43. The summed E-state index contributed by atoms with van der Waals surface area (Å²) < 4.78 is 33.2. The van der Waals surface area contributed by atoms with Gasteiger partial charge in [-0.1, -0.05) is 333 Å². The minimum Gasteiger partial charge on any atom is -0.462 e. The first-order valence-electron chi connectivity index (χ1n) is 37.3. The Balaban J connectivity index is 3.90. The molecule has 2 atom stereocenters. The summed E-state index contributed by atoms with van der Waals surface area (Å²) in [5, 5.41) is 0. The van der Waals surface area contributed by atoms with Crippen LogP contribution in [-0.4, -0.2) is 49.3 Å². The number of ether oxygens (including phenoxy) is 2. The summed E-state index contributed by atoms with van der Waals surface area (Å²) in [7, 11) is -4.40. The van der Waals surface area contributed by atoms with Crippen molar-refractivity contribution in [3.05, 3.63) is 146 Å². The maximum Gasteiger partial charge on any atom is 0.472 e. The van der Waals surface area contributed by atoms with E-state index in [2.05, 4.69) is 160 Å². The molecule has 3 N–H and O–H groups in total. The molecule has 0 rings (SSSR count). The molecule has 0 spiro atoms. The molecular weight excluding hydrogens is 1150 g/mol. The fourth-order valence-corrected chi connectivity index (χ4v) is 11.0. The molecule has 0 aromatic rings. The van der Waals surface area contributed by atoms with Gasteiger partial charge in [0.1, 0.15) is 6.61 Å². The second-order valence-corrected chi connectivity index (χ2v) is 25.9. The number of unbranched alkanes of at least 4 members (excludes halogenated alkanes) is 32. The lowest BCUT2D eigenvalue weighted by atomic mass is 10.0. The average molecular weight is 1280 g/mol. The highest BCUT2D eigenvalue weighted by molar-refractivity contribution is 7.47. The van der Waals surface area contributed by atoms with Gasteiger partial charge in [-0.05, 0) is 122 Å². The lowest BCUT2D eigenvalue weighted by Gasteiger charge is -2.19. The van der Waals surface area contributed by atoms with Crippen molar-refractivity contribution in [2.45, 2.75) is 328 Å². The lowest BCUT2D eigenvalue weighted by Crippen LogP contribution is -2.29. The van der Waals surface area contributed by atoms with Crippen molar-refractivity contribution < 1.29 is 37.6 Å². The van der Waals surface area contributed by atoms with Crippen molar-refractivity contribution >= 4 is 19.8 Å². The largest absolute Gasteiger partial charge is 0.472 e. The summed E-state index contributed by atoms with van der Waals surface area (Å²) in [6, 6.07) is 0. The molecule has 0 heterocycles. The quantitative estimate of drug-likeness (QED) is 0.0264. The van der Waals surface area contributed by atoms with E-state index in [1.807, 2.05) is 0 Å². The molecule has 0 saturated carbocycles. The van der Waals surface area contributed by atoms with Crippen LogP contribution in [0.15, 0.2) is 146 Å². The molecule has 9 nitrogen and oxygen atoms in total. The lowest BCUT2D eigenvalue weighted by molar-refractivity contribution is -0.161. The van der Waals surface area contributed by atoms with Crippen LogP contribution in [0.25, 0.3) is 0 Å². The van der Waals surface area contributed by atoms with E-state index in [-0.39, 0.29) is 38.6 Å². The second-order valence-electron chi connectivity index (χ2n) is 24.4. The molecule has 0 radical (unpaired) electrons. The van der Waals surface area contributed by atoms with Gasteiger partial charge in [-0.15, -0.1) is 0 Å². The van der Waals surface area contributed by atoms with Crippen molar-refractivity contribution in [3.8, 4) is 0 Å². The number of esters is 2. The molecule has 0 bridgehead atoms. The van der Waals surface area contributed by atoms with Crippen molar-refractivity contribution in [3.63, 3.8) is 0 Å². The third-order valence-corrected chi connectivity index (χ3v) is 16.7. The van der Waals surface area contributed by atoms with Crippen molar-refractivity contribution in [2.75, 3.05) is 26.4 Å². The molecule has 10 heteroatoms. The van der Waals surface area contributed by atoms with E-state index in [4.69, 9.17) is 24.3 Å². The molecule has 0 saturated heterocycles. The normalized spacial score (nSPS) is 13.8. The Morgan fingerprint density at radius 1 is 0.341 bits per heavy atom. The molecule has 0 aromatic heterocycles. The Kier molecular flexibility index (Phi) is 71.5. The van der Waals surface area contributed by atoms with E-state index in [9.17, 15) is 19.0 Å². The Bertz CT molecular complexity index is 2010. The van der Waals surface area contributed by atoms with Gasteiger partial charge < -0.3 is 20.1 Å². The van der Waals surface area contributed by atoms with Gasteiger partial charge in [-0.2, -0.15) is 0 Å². The number of phosphoric acid groups is 1. The third kappa shape index (κ3) is 74.8. The Labute approximate surface area is 560 Å². The highest BCUT2D eigenvalue weighted by Gasteiger charge is 2.26. The van der Waals surface area contributed by atoms with E-state index in [0.29, 0.717) is 6.42 Å². The van der Waals surface area contributed by atoms with E-state index in [0.717, 1.165) is 109 Å². The van der Waals surface area contributed by atoms with E-state index in [1.165, 1.54) is 180 Å². The zero-order valence-corrected chi connectivity index (χ0v) is 59.4. The smallest absolute Gasteiger partial charge is 0.462 e. The van der Waals surface area contributed by atoms with Crippen LogP contribution in [-0.2, 0) is 32.7 Å². The molecule has 2 unspecified atom stereocenters. The minimum absolute atomic E-state index is 0.0483. The minimum atomic E-state index is -4.40. The van der Waals surface area contributed by atoms with Gasteiger partial charge in [0.2, 0.25) is 0 Å². The van der Waals surface area contributed by atoms with Gasteiger partial charge in [0.05, 0.1) is 13.2 Å². The van der Waals surface area contributed by atoms with Gasteiger partial charge in [0, 0.05) is 19.4 Å². The number of rotatable bonds is 69. The van der Waals surface area contributed by atoms with Crippen LogP contribution in [0.3, 0.4) is 0 Å². The van der Waals surface area contributed by atoms with Gasteiger partial charge in [-0.3, -0.25) is 18.6 Å². The maximum absolute atomic E-state index is 12.8. The van der Waals surface area contributed by atoms with Crippen LogP contribution in [0.1, 0.15) is 322 Å². The molecule has 0 aliphatic heterocycles. The van der Waals surface area contributed by atoms with Crippen LogP contribution < -0.4 is 5.73 Å². The number of hydrogen-bond donors (Lipinski definition) is 2. The maximum atomic E-state index is 12.8. The summed E-state index contributed by atoms with van der Waals surface area (Å²) in [6.45, 7) is 3.64. The fourth-order valence-electron chi connectivity index (χ4n) is 10.2. The molecule has 0 aliphatic rings. The third-order valence-electron chi connectivity index (χ3n) is 15.7. The summed E-state index contributed by atoms with van der Waals surface area (Å²) >= 11 is 0. The van der Waals surface area contributed by atoms with Gasteiger partial charge >= 0.3 is 19.8 Å². The van der Waals surface area contributed by atoms with E-state index < -0.39 is 26.5 Å². The zero-order chi connectivity index (χ0) is 65.8. The number of nitrogens with two attached hydrogens (primary N) is 1. The first-order valence-corrected chi connectivity index (χ1v) is 38.8. The predicted octanol–water partition coefficient (Wildman–Crippen LogP) is 25.0. The Morgan fingerprint density at radius 3 is 0.901 bits per heavy atom. The number of hydrogen-bond acceptors (Lipinski definition) is 8. The van der Waals surface area contributed by atoms with Crippen LogP contribution >= 0.6 is 7.82 Å². The van der Waals surface area contributed by atoms with E-state index in [1.54, 1.807) is 0 Å². The SMILES string of the molecule is CC/C=C\C/C=C\C/C=C\C/C=C\C/C=C\C/C=C\C/C=C\C/C=C\C/C=C\CCCCCCCCCCCCCCCC(=O)OC(COC(=O)CCCCCCCCCCCCCCCC/C=C\C/C=C\C/C=C\CCCCCCC)COP(=O)(O)OCCN. The summed E-state index contributed by atoms with van der Waals surface area (Å²) in [4.78, 5) is 35.4. The van der Waals surface area contributed by atoms with Crippen LogP contribution in [0.2, 0.25) is 0 Å².